The van der Waals surface area contributed by atoms with Crippen LogP contribution in [0.15, 0.2) is 34.9 Å². The number of carbonyl (C=O) groups is 1. The highest BCUT2D eigenvalue weighted by molar-refractivity contribution is 7.88. The van der Waals surface area contributed by atoms with Crippen molar-refractivity contribution in [1.82, 2.24) is 19.8 Å². The highest BCUT2D eigenvalue weighted by Crippen LogP contribution is 2.52. The van der Waals surface area contributed by atoms with Crippen LogP contribution in [0.3, 0.4) is 0 Å². The Bertz CT molecular complexity index is 1080. The van der Waals surface area contributed by atoms with Gasteiger partial charge in [-0.05, 0) is 44.1 Å². The number of amides is 1. The van der Waals surface area contributed by atoms with Crippen LogP contribution in [0.4, 0.5) is 0 Å². The highest BCUT2D eigenvalue weighted by Gasteiger charge is 2.60. The molecule has 1 aromatic carbocycles. The maximum absolute atomic E-state index is 13.2. The lowest BCUT2D eigenvalue weighted by Gasteiger charge is -2.25. The van der Waals surface area contributed by atoms with E-state index in [0.717, 1.165) is 18.4 Å². The zero-order valence-corrected chi connectivity index (χ0v) is 18.0. The van der Waals surface area contributed by atoms with E-state index in [-0.39, 0.29) is 17.9 Å². The van der Waals surface area contributed by atoms with E-state index >= 15 is 0 Å². The molecule has 30 heavy (non-hydrogen) atoms. The van der Waals surface area contributed by atoms with Gasteiger partial charge in [0.05, 0.1) is 17.1 Å². The third-order valence-corrected chi connectivity index (χ3v) is 8.33. The summed E-state index contributed by atoms with van der Waals surface area (Å²) in [6.07, 6.45) is 4.24. The number of hydrogen-bond acceptors (Lipinski definition) is 6. The van der Waals surface area contributed by atoms with Crippen molar-refractivity contribution in [3.05, 3.63) is 47.6 Å². The Hall–Kier alpha value is -2.26. The second-order valence-corrected chi connectivity index (χ2v) is 11.1. The number of rotatable bonds is 5. The number of benzene rings is 1. The van der Waals surface area contributed by atoms with Crippen LogP contribution in [-0.2, 0) is 25.6 Å². The molecule has 2 saturated carbocycles. The van der Waals surface area contributed by atoms with Gasteiger partial charge in [-0.25, -0.2) is 12.7 Å². The van der Waals surface area contributed by atoms with Crippen molar-refractivity contribution in [3.8, 4) is 0 Å². The first-order chi connectivity index (χ1) is 14.2. The molecular formula is C21H26N4O4S. The molecule has 3 atom stereocenters. The number of sulfonamides is 1. The van der Waals surface area contributed by atoms with Gasteiger partial charge in [-0.1, -0.05) is 35.5 Å². The fourth-order valence-corrected chi connectivity index (χ4v) is 6.29. The molecule has 1 saturated heterocycles. The average molecular weight is 431 g/mol. The molecule has 9 heteroatoms. The number of carbonyl (C=O) groups excluding carboxylic acids is 1. The molecule has 1 aromatic heterocycles. The summed E-state index contributed by atoms with van der Waals surface area (Å²) in [4.78, 5) is 17.7. The van der Waals surface area contributed by atoms with Gasteiger partial charge < -0.3 is 9.84 Å². The Kier molecular flexibility index (Phi) is 4.34. The first kappa shape index (κ1) is 19.7. The number of nitrogens with one attached hydrogen (secondary N) is 1. The van der Waals surface area contributed by atoms with Crippen LogP contribution in [0.2, 0.25) is 0 Å². The van der Waals surface area contributed by atoms with Gasteiger partial charge in [0.2, 0.25) is 21.8 Å². The molecule has 0 bridgehead atoms. The molecule has 8 nitrogen and oxygen atoms in total. The molecule has 2 heterocycles. The molecule has 1 aliphatic heterocycles. The second kappa shape index (κ2) is 6.62. The Morgan fingerprint density at radius 1 is 1.27 bits per heavy atom. The SMILES string of the molecule is Cc1noc([C@]23C[C@H](NC(=O)C4(c5ccccc5)CC4)CC2CN(S(C)(=O)=O)C3)n1. The second-order valence-electron chi connectivity index (χ2n) is 9.11. The number of fused-ring (bicyclic) bond motifs is 1. The van der Waals surface area contributed by atoms with Gasteiger partial charge in [-0.3, -0.25) is 4.79 Å². The Labute approximate surface area is 176 Å². The molecule has 1 unspecified atom stereocenters. The minimum atomic E-state index is -3.32. The predicted octanol–water partition coefficient (Wildman–Crippen LogP) is 1.52. The fraction of sp³-hybridized carbons (Fsp3) is 0.571. The third-order valence-electron chi connectivity index (χ3n) is 7.11. The van der Waals surface area contributed by atoms with Gasteiger partial charge in [0.1, 0.15) is 0 Å². The number of aromatic nitrogens is 2. The minimum absolute atomic E-state index is 0.0317. The van der Waals surface area contributed by atoms with Crippen LogP contribution in [0, 0.1) is 12.8 Å². The van der Waals surface area contributed by atoms with Crippen molar-refractivity contribution in [1.29, 1.82) is 0 Å². The van der Waals surface area contributed by atoms with Gasteiger partial charge in [0, 0.05) is 19.1 Å². The standard InChI is InChI=1S/C21H26N4O4S/c1-14-22-19(29-24-14)21-11-17(10-16(21)12-25(13-21)30(2,27)28)23-18(26)20(8-9-20)15-6-4-3-5-7-15/h3-7,16-17H,8-13H2,1-2H3,(H,23,26)/t16?,17-,21+/m1/s1. The number of hydrogen-bond donors (Lipinski definition) is 1. The molecule has 0 radical (unpaired) electrons. The Morgan fingerprint density at radius 3 is 2.60 bits per heavy atom. The van der Waals surface area contributed by atoms with E-state index in [9.17, 15) is 13.2 Å². The minimum Gasteiger partial charge on any atom is -0.353 e. The van der Waals surface area contributed by atoms with E-state index in [4.69, 9.17) is 4.52 Å². The zero-order chi connectivity index (χ0) is 21.1. The van der Waals surface area contributed by atoms with Crippen LogP contribution in [-0.4, -0.2) is 54.2 Å². The molecule has 2 aliphatic carbocycles. The molecule has 3 aliphatic rings. The van der Waals surface area contributed by atoms with Crippen molar-refractivity contribution in [3.63, 3.8) is 0 Å². The van der Waals surface area contributed by atoms with Crippen molar-refractivity contribution in [2.45, 2.75) is 49.5 Å². The van der Waals surface area contributed by atoms with Gasteiger partial charge in [-0.2, -0.15) is 4.98 Å². The van der Waals surface area contributed by atoms with E-state index in [1.807, 2.05) is 30.3 Å². The molecular weight excluding hydrogens is 404 g/mol. The summed E-state index contributed by atoms with van der Waals surface area (Å²) in [6, 6.07) is 9.88. The van der Waals surface area contributed by atoms with E-state index < -0.39 is 20.9 Å². The average Bonchev–Trinajstić information content (AvgIpc) is 3.08. The quantitative estimate of drug-likeness (QED) is 0.771. The maximum Gasteiger partial charge on any atom is 0.234 e. The molecule has 5 rings (SSSR count). The van der Waals surface area contributed by atoms with Gasteiger partial charge in [0.25, 0.3) is 0 Å². The number of aryl methyl sites for hydroxylation is 1. The normalized spacial score (nSPS) is 30.2. The van der Waals surface area contributed by atoms with E-state index in [1.54, 1.807) is 6.92 Å². The summed E-state index contributed by atoms with van der Waals surface area (Å²) < 4.78 is 31.4. The van der Waals surface area contributed by atoms with Crippen molar-refractivity contribution in [2.24, 2.45) is 5.92 Å². The largest absolute Gasteiger partial charge is 0.353 e. The molecule has 0 spiro atoms. The maximum atomic E-state index is 13.2. The first-order valence-corrected chi connectivity index (χ1v) is 12.2. The van der Waals surface area contributed by atoms with Crippen molar-refractivity contribution >= 4 is 15.9 Å². The molecule has 1 amide bonds. The van der Waals surface area contributed by atoms with E-state index in [0.29, 0.717) is 37.6 Å². The lowest BCUT2D eigenvalue weighted by Crippen LogP contribution is -2.43. The first-order valence-electron chi connectivity index (χ1n) is 10.4. The van der Waals surface area contributed by atoms with Crippen LogP contribution in [0.5, 0.6) is 0 Å². The topological polar surface area (TPSA) is 105 Å². The van der Waals surface area contributed by atoms with Crippen LogP contribution < -0.4 is 5.32 Å². The summed E-state index contributed by atoms with van der Waals surface area (Å²) in [5.74, 6) is 1.11. The fourth-order valence-electron chi connectivity index (χ4n) is 5.37. The predicted molar refractivity (Wildman–Crippen MR) is 109 cm³/mol. The monoisotopic (exact) mass is 430 g/mol. The summed E-state index contributed by atoms with van der Waals surface area (Å²) in [6.45, 7) is 2.48. The smallest absolute Gasteiger partial charge is 0.234 e. The molecule has 2 aromatic rings. The van der Waals surface area contributed by atoms with Gasteiger partial charge in [0.15, 0.2) is 5.82 Å². The third kappa shape index (κ3) is 3.06. The molecule has 160 valence electrons. The Morgan fingerprint density at radius 2 is 2.00 bits per heavy atom. The van der Waals surface area contributed by atoms with Crippen molar-refractivity contribution < 1.29 is 17.7 Å². The van der Waals surface area contributed by atoms with Crippen molar-refractivity contribution in [2.75, 3.05) is 19.3 Å². The molecule has 3 fully saturated rings. The summed E-state index contributed by atoms with van der Waals surface area (Å²) in [5, 5.41) is 7.20. The van der Waals surface area contributed by atoms with Crippen LogP contribution in [0.25, 0.3) is 0 Å². The number of nitrogens with zero attached hydrogens (tertiary/aromatic N) is 3. The Balaban J connectivity index is 1.38. The van der Waals surface area contributed by atoms with E-state index in [2.05, 4.69) is 15.5 Å². The summed E-state index contributed by atoms with van der Waals surface area (Å²) >= 11 is 0. The van der Waals surface area contributed by atoms with Crippen LogP contribution >= 0.6 is 0 Å². The summed E-state index contributed by atoms with van der Waals surface area (Å²) in [7, 11) is -3.32. The zero-order valence-electron chi connectivity index (χ0n) is 17.2. The lowest BCUT2D eigenvalue weighted by molar-refractivity contribution is -0.124. The van der Waals surface area contributed by atoms with Crippen LogP contribution in [0.1, 0.15) is 43.0 Å². The summed E-state index contributed by atoms with van der Waals surface area (Å²) in [5.41, 5.74) is 0.0868. The van der Waals surface area contributed by atoms with E-state index in [1.165, 1.54) is 10.6 Å². The molecule has 1 N–H and O–H groups in total. The lowest BCUT2D eigenvalue weighted by atomic mass is 9.80. The van der Waals surface area contributed by atoms with Gasteiger partial charge >= 0.3 is 0 Å². The highest BCUT2D eigenvalue weighted by atomic mass is 32.2. The van der Waals surface area contributed by atoms with Gasteiger partial charge in [-0.15, -0.1) is 0 Å².